The lowest BCUT2D eigenvalue weighted by molar-refractivity contribution is 0.0526. The Morgan fingerprint density at radius 1 is 1.00 bits per heavy atom. The van der Waals surface area contributed by atoms with E-state index in [1.807, 2.05) is 30.3 Å². The summed E-state index contributed by atoms with van der Waals surface area (Å²) < 4.78 is 7.17. The van der Waals surface area contributed by atoms with Crippen LogP contribution in [0.4, 0.5) is 0 Å². The summed E-state index contributed by atoms with van der Waals surface area (Å²) in [4.78, 5) is 11.7. The molecule has 0 aliphatic carbocycles. The molecule has 0 bridgehead atoms. The van der Waals surface area contributed by atoms with Crippen molar-refractivity contribution in [2.24, 2.45) is 0 Å². The van der Waals surface area contributed by atoms with Crippen LogP contribution in [0.3, 0.4) is 0 Å². The average molecular weight is 382 g/mol. The smallest absolute Gasteiger partial charge is 0.338 e. The molecule has 0 saturated heterocycles. The van der Waals surface area contributed by atoms with Crippen LogP contribution in [0.1, 0.15) is 41.2 Å². The molecule has 3 rings (SSSR count). The zero-order valence-electron chi connectivity index (χ0n) is 15.6. The van der Waals surface area contributed by atoms with E-state index in [-0.39, 0.29) is 5.97 Å². The molecule has 0 N–H and O–H groups in total. The summed E-state index contributed by atoms with van der Waals surface area (Å²) in [7, 11) is 0. The first kappa shape index (κ1) is 19.2. The highest BCUT2D eigenvalue weighted by Crippen LogP contribution is 2.23. The van der Waals surface area contributed by atoms with Crippen molar-refractivity contribution < 1.29 is 9.53 Å². The Kier molecular flexibility index (Phi) is 6.65. The third-order valence-electron chi connectivity index (χ3n) is 4.15. The first-order valence-corrected chi connectivity index (χ1v) is 10.0. The number of nitrogens with zero attached hydrogens (tertiary/aromatic N) is 3. The van der Waals surface area contributed by atoms with Crippen LogP contribution in [0, 0.1) is 0 Å². The van der Waals surface area contributed by atoms with Crippen molar-refractivity contribution in [3.8, 4) is 0 Å². The van der Waals surface area contributed by atoms with Crippen LogP contribution < -0.4 is 0 Å². The minimum absolute atomic E-state index is 0.284. The van der Waals surface area contributed by atoms with Gasteiger partial charge in [0.05, 0.1) is 12.2 Å². The highest BCUT2D eigenvalue weighted by atomic mass is 32.2. The van der Waals surface area contributed by atoms with Crippen LogP contribution in [-0.4, -0.2) is 27.3 Å². The number of rotatable bonds is 8. The highest BCUT2D eigenvalue weighted by Gasteiger charge is 2.12. The van der Waals surface area contributed by atoms with Gasteiger partial charge in [-0.2, -0.15) is 0 Å². The van der Waals surface area contributed by atoms with Gasteiger partial charge in [0, 0.05) is 18.7 Å². The van der Waals surface area contributed by atoms with Crippen LogP contribution in [-0.2, 0) is 23.5 Å². The third kappa shape index (κ3) is 4.98. The van der Waals surface area contributed by atoms with Crippen molar-refractivity contribution in [3.63, 3.8) is 0 Å². The zero-order valence-corrected chi connectivity index (χ0v) is 16.4. The van der Waals surface area contributed by atoms with E-state index < -0.39 is 0 Å². The summed E-state index contributed by atoms with van der Waals surface area (Å²) >= 11 is 1.65. The molecule has 0 radical (unpaired) electrons. The van der Waals surface area contributed by atoms with Crippen molar-refractivity contribution >= 4 is 17.7 Å². The van der Waals surface area contributed by atoms with E-state index in [1.54, 1.807) is 30.8 Å². The van der Waals surface area contributed by atoms with Crippen molar-refractivity contribution in [2.75, 3.05) is 6.61 Å². The van der Waals surface area contributed by atoms with Gasteiger partial charge in [-0.3, -0.25) is 0 Å². The molecule has 2 aromatic carbocycles. The molecular formula is C21H23N3O2S. The van der Waals surface area contributed by atoms with E-state index >= 15 is 0 Å². The Labute approximate surface area is 163 Å². The van der Waals surface area contributed by atoms with E-state index in [0.29, 0.717) is 12.2 Å². The van der Waals surface area contributed by atoms with Gasteiger partial charge < -0.3 is 9.30 Å². The van der Waals surface area contributed by atoms with Crippen molar-refractivity contribution in [1.82, 2.24) is 14.8 Å². The van der Waals surface area contributed by atoms with E-state index in [9.17, 15) is 4.79 Å². The fourth-order valence-corrected chi connectivity index (χ4v) is 3.73. The Morgan fingerprint density at radius 2 is 1.74 bits per heavy atom. The third-order valence-corrected chi connectivity index (χ3v) is 5.19. The van der Waals surface area contributed by atoms with Crippen LogP contribution >= 0.6 is 11.8 Å². The number of carbonyl (C=O) groups is 1. The van der Waals surface area contributed by atoms with Crippen molar-refractivity contribution in [3.05, 3.63) is 77.1 Å². The standard InChI is InChI=1S/C21H23N3O2S/c1-3-24-19(14-16-8-6-5-7-9-16)22-23-21(24)27-15-17-10-12-18(13-11-17)20(25)26-4-2/h5-13H,3-4,14-15H2,1-2H3. The van der Waals surface area contributed by atoms with Gasteiger partial charge in [-0.05, 0) is 37.1 Å². The molecule has 0 amide bonds. The maximum atomic E-state index is 11.7. The number of carbonyl (C=O) groups excluding carboxylic acids is 1. The minimum Gasteiger partial charge on any atom is -0.462 e. The quantitative estimate of drug-likeness (QED) is 0.429. The number of esters is 1. The molecule has 0 spiro atoms. The van der Waals surface area contributed by atoms with Gasteiger partial charge in [-0.25, -0.2) is 4.79 Å². The molecule has 140 valence electrons. The molecule has 0 saturated carbocycles. The molecule has 0 fully saturated rings. The molecule has 1 aromatic heterocycles. The van der Waals surface area contributed by atoms with E-state index in [0.717, 1.165) is 35.3 Å². The average Bonchev–Trinajstić information content (AvgIpc) is 3.09. The minimum atomic E-state index is -0.284. The molecular weight excluding hydrogens is 358 g/mol. The topological polar surface area (TPSA) is 57.0 Å². The lowest BCUT2D eigenvalue weighted by Crippen LogP contribution is -2.05. The van der Waals surface area contributed by atoms with Gasteiger partial charge in [0.2, 0.25) is 0 Å². The van der Waals surface area contributed by atoms with Gasteiger partial charge >= 0.3 is 5.97 Å². The summed E-state index contributed by atoms with van der Waals surface area (Å²) in [5.74, 6) is 1.46. The number of hydrogen-bond donors (Lipinski definition) is 0. The van der Waals surface area contributed by atoms with Gasteiger partial charge in [-0.15, -0.1) is 10.2 Å². The normalized spacial score (nSPS) is 10.7. The predicted octanol–water partition coefficient (Wildman–Crippen LogP) is 4.36. The second-order valence-corrected chi connectivity index (χ2v) is 6.95. The first-order chi connectivity index (χ1) is 13.2. The van der Waals surface area contributed by atoms with E-state index in [4.69, 9.17) is 4.74 Å². The Bertz CT molecular complexity index is 876. The van der Waals surface area contributed by atoms with E-state index in [1.165, 1.54) is 5.56 Å². The van der Waals surface area contributed by atoms with Crippen LogP contribution in [0.25, 0.3) is 0 Å². The Balaban J connectivity index is 1.65. The predicted molar refractivity (Wildman–Crippen MR) is 107 cm³/mol. The summed E-state index contributed by atoms with van der Waals surface area (Å²) in [6.45, 7) is 5.13. The fraction of sp³-hybridized carbons (Fsp3) is 0.286. The largest absolute Gasteiger partial charge is 0.462 e. The lowest BCUT2D eigenvalue weighted by Gasteiger charge is -2.08. The lowest BCUT2D eigenvalue weighted by atomic mass is 10.1. The first-order valence-electron chi connectivity index (χ1n) is 9.06. The van der Waals surface area contributed by atoms with Crippen molar-refractivity contribution in [2.45, 2.75) is 37.7 Å². The second-order valence-electron chi connectivity index (χ2n) is 6.01. The van der Waals surface area contributed by atoms with E-state index in [2.05, 4.69) is 33.8 Å². The number of ether oxygens (including phenoxy) is 1. The fourth-order valence-electron chi connectivity index (χ4n) is 2.75. The molecule has 5 nitrogen and oxygen atoms in total. The monoisotopic (exact) mass is 381 g/mol. The van der Waals surface area contributed by atoms with Crippen LogP contribution in [0.5, 0.6) is 0 Å². The van der Waals surface area contributed by atoms with Crippen LogP contribution in [0.2, 0.25) is 0 Å². The zero-order chi connectivity index (χ0) is 19.1. The Morgan fingerprint density at radius 3 is 2.41 bits per heavy atom. The van der Waals surface area contributed by atoms with Gasteiger partial charge in [-0.1, -0.05) is 54.2 Å². The molecule has 0 aliphatic rings. The maximum Gasteiger partial charge on any atom is 0.338 e. The summed E-state index contributed by atoms with van der Waals surface area (Å²) in [5, 5.41) is 9.67. The van der Waals surface area contributed by atoms with Crippen molar-refractivity contribution in [1.29, 1.82) is 0 Å². The molecule has 6 heteroatoms. The number of aromatic nitrogens is 3. The molecule has 0 aliphatic heterocycles. The van der Waals surface area contributed by atoms with Gasteiger partial charge in [0.1, 0.15) is 5.82 Å². The summed E-state index contributed by atoms with van der Waals surface area (Å²) in [6, 6.07) is 17.8. The number of hydrogen-bond acceptors (Lipinski definition) is 5. The number of thioether (sulfide) groups is 1. The molecule has 0 unspecified atom stereocenters. The summed E-state index contributed by atoms with van der Waals surface area (Å²) in [6.07, 6.45) is 0.774. The molecule has 3 aromatic rings. The second kappa shape index (κ2) is 9.37. The Hall–Kier alpha value is -2.60. The van der Waals surface area contributed by atoms with Gasteiger partial charge in [0.15, 0.2) is 5.16 Å². The molecule has 1 heterocycles. The molecule has 0 atom stereocenters. The summed E-state index contributed by atoms with van der Waals surface area (Å²) in [5.41, 5.74) is 2.93. The number of benzene rings is 2. The molecule has 27 heavy (non-hydrogen) atoms. The highest BCUT2D eigenvalue weighted by molar-refractivity contribution is 7.98. The SMILES string of the molecule is CCOC(=O)c1ccc(CSc2nnc(Cc3ccccc3)n2CC)cc1. The van der Waals surface area contributed by atoms with Gasteiger partial charge in [0.25, 0.3) is 0 Å². The maximum absolute atomic E-state index is 11.7. The van der Waals surface area contributed by atoms with Crippen LogP contribution in [0.15, 0.2) is 59.8 Å².